The van der Waals surface area contributed by atoms with Gasteiger partial charge in [0.05, 0.1) is 11.4 Å². The zero-order chi connectivity index (χ0) is 33.4. The van der Waals surface area contributed by atoms with Gasteiger partial charge in [-0.15, -0.1) is 0 Å². The zero-order valence-electron chi connectivity index (χ0n) is 28.6. The molecule has 0 radical (unpaired) electrons. The summed E-state index contributed by atoms with van der Waals surface area (Å²) in [7, 11) is 0. The lowest BCUT2D eigenvalue weighted by Crippen LogP contribution is -1.94. The molecule has 7 aromatic rings. The summed E-state index contributed by atoms with van der Waals surface area (Å²) < 4.78 is 0. The van der Waals surface area contributed by atoms with E-state index in [4.69, 9.17) is 9.97 Å². The maximum Gasteiger partial charge on any atom is 0.0733 e. The summed E-state index contributed by atoms with van der Waals surface area (Å²) in [5, 5.41) is 0. The molecule has 0 aliphatic carbocycles. The van der Waals surface area contributed by atoms with Gasteiger partial charge in [-0.3, -0.25) is 9.97 Å². The molecule has 2 nitrogen and oxygen atoms in total. The minimum atomic E-state index is 1.04. The third-order valence-corrected chi connectivity index (χ3v) is 9.77. The van der Waals surface area contributed by atoms with Gasteiger partial charge in [0.15, 0.2) is 0 Å². The molecule has 2 heterocycles. The molecular weight excluding hydrogens is 581 g/mol. The van der Waals surface area contributed by atoms with Crippen LogP contribution in [0.3, 0.4) is 0 Å². The number of benzene rings is 5. The van der Waals surface area contributed by atoms with Crippen LogP contribution < -0.4 is 0 Å². The molecule has 5 aromatic carbocycles. The molecule has 0 saturated heterocycles. The highest BCUT2D eigenvalue weighted by molar-refractivity contribution is 5.95. The Labute approximate surface area is 284 Å². The van der Waals surface area contributed by atoms with Gasteiger partial charge in [0.1, 0.15) is 0 Å². The summed E-state index contributed by atoms with van der Waals surface area (Å²) in [6.45, 7) is 12.9. The van der Waals surface area contributed by atoms with Gasteiger partial charge in [-0.05, 0) is 133 Å². The fourth-order valence-corrected chi connectivity index (χ4v) is 6.48. The highest BCUT2D eigenvalue weighted by Crippen LogP contribution is 2.43. The van der Waals surface area contributed by atoms with E-state index in [1.165, 1.54) is 77.9 Å². The average molecular weight is 621 g/mol. The summed E-state index contributed by atoms with van der Waals surface area (Å²) in [6.07, 6.45) is 3.80. The van der Waals surface area contributed by atoms with Crippen LogP contribution in [-0.4, -0.2) is 9.97 Å². The SMILES string of the molecule is Cc1ccc(-c2cc(-c3ccc(-c4nccc(C)c4C)cc3)c(-c3ccc(C)cc3)cc2-c2ccc(-c3nccc(C)c3C)cc2)cc1. The highest BCUT2D eigenvalue weighted by Gasteiger charge is 2.17. The predicted octanol–water partition coefficient (Wildman–Crippen LogP) is 12.3. The topological polar surface area (TPSA) is 25.8 Å². The minimum absolute atomic E-state index is 1.04. The van der Waals surface area contributed by atoms with Gasteiger partial charge >= 0.3 is 0 Å². The van der Waals surface area contributed by atoms with Crippen molar-refractivity contribution in [3.8, 4) is 67.0 Å². The van der Waals surface area contributed by atoms with Crippen LogP contribution in [0.4, 0.5) is 0 Å². The third kappa shape index (κ3) is 5.98. The first kappa shape index (κ1) is 31.0. The van der Waals surface area contributed by atoms with Gasteiger partial charge in [-0.25, -0.2) is 0 Å². The Balaban J connectivity index is 1.42. The van der Waals surface area contributed by atoms with E-state index in [-0.39, 0.29) is 0 Å². The first-order valence-electron chi connectivity index (χ1n) is 16.6. The van der Waals surface area contributed by atoms with Crippen LogP contribution in [-0.2, 0) is 0 Å². The van der Waals surface area contributed by atoms with Crippen LogP contribution >= 0.6 is 0 Å². The van der Waals surface area contributed by atoms with Crippen molar-refractivity contribution in [1.82, 2.24) is 9.97 Å². The summed E-state index contributed by atoms with van der Waals surface area (Å²) in [4.78, 5) is 9.44. The van der Waals surface area contributed by atoms with E-state index in [0.717, 1.165) is 22.5 Å². The molecule has 0 atom stereocenters. The Bertz CT molecular complexity index is 2080. The second kappa shape index (κ2) is 12.9. The number of nitrogens with zero attached hydrogens (tertiary/aromatic N) is 2. The average Bonchev–Trinajstić information content (AvgIpc) is 3.11. The van der Waals surface area contributed by atoms with E-state index in [0.29, 0.717) is 0 Å². The van der Waals surface area contributed by atoms with Gasteiger partial charge in [-0.2, -0.15) is 0 Å². The molecule has 2 aromatic heterocycles. The molecule has 48 heavy (non-hydrogen) atoms. The Morgan fingerprint density at radius 1 is 0.312 bits per heavy atom. The quantitative estimate of drug-likeness (QED) is 0.185. The minimum Gasteiger partial charge on any atom is -0.256 e. The Morgan fingerprint density at radius 2 is 0.583 bits per heavy atom. The fourth-order valence-electron chi connectivity index (χ4n) is 6.48. The van der Waals surface area contributed by atoms with Gasteiger partial charge < -0.3 is 0 Å². The number of aromatic nitrogens is 2. The Morgan fingerprint density at radius 3 is 0.896 bits per heavy atom. The van der Waals surface area contributed by atoms with Crippen molar-refractivity contribution in [2.24, 2.45) is 0 Å². The number of hydrogen-bond acceptors (Lipinski definition) is 2. The van der Waals surface area contributed by atoms with Gasteiger partial charge in [0.25, 0.3) is 0 Å². The standard InChI is InChI=1S/C46H40N2/c1-29-7-11-35(12-8-29)41-27-44(38-17-21-40(22-18-38)46-34(6)32(4)24-26-48-46)42(36-13-9-30(2)10-14-36)28-43(41)37-15-19-39(20-16-37)45-33(5)31(3)23-25-47-45/h7-28H,1-6H3. The first-order chi connectivity index (χ1) is 23.3. The van der Waals surface area contributed by atoms with Crippen LogP contribution in [0.2, 0.25) is 0 Å². The van der Waals surface area contributed by atoms with Gasteiger partial charge in [0.2, 0.25) is 0 Å². The summed E-state index contributed by atoms with van der Waals surface area (Å²) in [5.74, 6) is 0. The monoisotopic (exact) mass is 620 g/mol. The smallest absolute Gasteiger partial charge is 0.0733 e. The van der Waals surface area contributed by atoms with E-state index >= 15 is 0 Å². The van der Waals surface area contributed by atoms with Crippen LogP contribution in [0.25, 0.3) is 67.0 Å². The van der Waals surface area contributed by atoms with Crippen molar-refractivity contribution in [3.05, 3.63) is 167 Å². The number of aryl methyl sites for hydroxylation is 4. The van der Waals surface area contributed by atoms with E-state index in [1.54, 1.807) is 0 Å². The van der Waals surface area contributed by atoms with Gasteiger partial charge in [0, 0.05) is 23.5 Å². The van der Waals surface area contributed by atoms with Gasteiger partial charge in [-0.1, -0.05) is 108 Å². The van der Waals surface area contributed by atoms with E-state index in [1.807, 2.05) is 12.4 Å². The summed E-state index contributed by atoms with van der Waals surface area (Å²) in [5.41, 5.74) is 21.3. The summed E-state index contributed by atoms with van der Waals surface area (Å²) in [6, 6.07) is 44.5. The molecule has 0 amide bonds. The lowest BCUT2D eigenvalue weighted by Gasteiger charge is -2.19. The molecule has 7 rings (SSSR count). The molecule has 0 unspecified atom stereocenters. The molecule has 2 heteroatoms. The second-order valence-electron chi connectivity index (χ2n) is 13.0. The zero-order valence-corrected chi connectivity index (χ0v) is 28.6. The van der Waals surface area contributed by atoms with Crippen LogP contribution in [0.5, 0.6) is 0 Å². The number of hydrogen-bond donors (Lipinski definition) is 0. The normalized spacial score (nSPS) is 11.1. The number of pyridine rings is 2. The molecule has 0 aliphatic rings. The van der Waals surface area contributed by atoms with E-state index < -0.39 is 0 Å². The molecule has 0 N–H and O–H groups in total. The Kier molecular flexibility index (Phi) is 8.33. The molecule has 0 bridgehead atoms. The van der Waals surface area contributed by atoms with Crippen molar-refractivity contribution in [3.63, 3.8) is 0 Å². The summed E-state index contributed by atoms with van der Waals surface area (Å²) >= 11 is 0. The molecule has 0 saturated carbocycles. The number of rotatable bonds is 6. The maximum absolute atomic E-state index is 4.72. The van der Waals surface area contributed by atoms with Crippen molar-refractivity contribution in [2.45, 2.75) is 41.5 Å². The molecular formula is C46H40N2. The van der Waals surface area contributed by atoms with E-state index in [2.05, 4.69) is 163 Å². The maximum atomic E-state index is 4.72. The highest BCUT2D eigenvalue weighted by atomic mass is 14.7. The van der Waals surface area contributed by atoms with Crippen molar-refractivity contribution in [1.29, 1.82) is 0 Å². The Hall–Kier alpha value is -5.60. The van der Waals surface area contributed by atoms with E-state index in [9.17, 15) is 0 Å². The molecule has 234 valence electrons. The lowest BCUT2D eigenvalue weighted by molar-refractivity contribution is 1.22. The van der Waals surface area contributed by atoms with Crippen molar-refractivity contribution in [2.75, 3.05) is 0 Å². The fraction of sp³-hybridized carbons (Fsp3) is 0.130. The third-order valence-electron chi connectivity index (χ3n) is 9.77. The van der Waals surface area contributed by atoms with Crippen LogP contribution in [0.15, 0.2) is 134 Å². The van der Waals surface area contributed by atoms with Crippen LogP contribution in [0.1, 0.15) is 33.4 Å². The lowest BCUT2D eigenvalue weighted by atomic mass is 9.85. The predicted molar refractivity (Wildman–Crippen MR) is 203 cm³/mol. The second-order valence-corrected chi connectivity index (χ2v) is 13.0. The van der Waals surface area contributed by atoms with Crippen LogP contribution in [0, 0.1) is 41.5 Å². The van der Waals surface area contributed by atoms with Crippen molar-refractivity contribution >= 4 is 0 Å². The molecule has 0 aliphatic heterocycles. The molecule has 0 spiro atoms. The van der Waals surface area contributed by atoms with Crippen molar-refractivity contribution < 1.29 is 0 Å². The first-order valence-corrected chi connectivity index (χ1v) is 16.6. The molecule has 0 fully saturated rings. The largest absolute Gasteiger partial charge is 0.256 e.